The van der Waals surface area contributed by atoms with Crippen LogP contribution in [0.1, 0.15) is 37.1 Å². The molecule has 0 aromatic carbocycles. The third kappa shape index (κ3) is 6.04. The zero-order valence-electron chi connectivity index (χ0n) is 15.9. The average Bonchev–Trinajstić information content (AvgIpc) is 2.90. The van der Waals surface area contributed by atoms with Gasteiger partial charge >= 0.3 is 0 Å². The van der Waals surface area contributed by atoms with Crippen LogP contribution in [0.25, 0.3) is 0 Å². The minimum atomic E-state index is 0.268. The summed E-state index contributed by atoms with van der Waals surface area (Å²) in [5.74, 6) is 0. The van der Waals surface area contributed by atoms with Crippen LogP contribution in [0, 0.1) is 6.92 Å². The zero-order chi connectivity index (χ0) is 18.9. The highest BCUT2D eigenvalue weighted by molar-refractivity contribution is 8.00. The molecule has 5 heteroatoms. The first-order valence-corrected chi connectivity index (χ1v) is 10.1. The first kappa shape index (κ1) is 20.8. The number of nitrogens with zero attached hydrogens (tertiary/aromatic N) is 2. The van der Waals surface area contributed by atoms with Crippen molar-refractivity contribution in [3.63, 3.8) is 0 Å². The Bertz CT molecular complexity index is 753. The van der Waals surface area contributed by atoms with E-state index in [-0.39, 0.29) is 5.25 Å². The fourth-order valence-electron chi connectivity index (χ4n) is 2.67. The van der Waals surface area contributed by atoms with E-state index in [0.717, 1.165) is 18.0 Å². The number of thioether (sulfide) groups is 1. The molecule has 3 nitrogen and oxygen atoms in total. The van der Waals surface area contributed by atoms with E-state index in [1.165, 1.54) is 21.8 Å². The van der Waals surface area contributed by atoms with Crippen LogP contribution in [0.15, 0.2) is 58.9 Å². The predicted octanol–water partition coefficient (Wildman–Crippen LogP) is 5.96. The summed E-state index contributed by atoms with van der Waals surface area (Å²) in [6, 6.07) is 6.34. The number of aromatic nitrogens is 2. The Morgan fingerprint density at radius 2 is 2.12 bits per heavy atom. The monoisotopic (exact) mass is 390 g/mol. The maximum Gasteiger partial charge on any atom is 0.0762 e. The number of pyridine rings is 1. The zero-order valence-corrected chi connectivity index (χ0v) is 17.5. The van der Waals surface area contributed by atoms with E-state index in [1.54, 1.807) is 7.11 Å². The molecule has 0 amide bonds. The molecule has 2 heterocycles. The smallest absolute Gasteiger partial charge is 0.0762 e. The quantitative estimate of drug-likeness (QED) is 0.390. The molecule has 0 aliphatic heterocycles. The lowest BCUT2D eigenvalue weighted by molar-refractivity contribution is 0.184. The largest absolute Gasteiger partial charge is 0.380 e. The van der Waals surface area contributed by atoms with Crippen LogP contribution >= 0.6 is 23.4 Å². The van der Waals surface area contributed by atoms with Gasteiger partial charge in [-0.15, -0.1) is 11.8 Å². The van der Waals surface area contributed by atoms with E-state index >= 15 is 0 Å². The van der Waals surface area contributed by atoms with E-state index in [4.69, 9.17) is 16.3 Å². The van der Waals surface area contributed by atoms with Crippen molar-refractivity contribution in [3.8, 4) is 0 Å². The van der Waals surface area contributed by atoms with Crippen LogP contribution < -0.4 is 0 Å². The minimum Gasteiger partial charge on any atom is -0.380 e. The lowest BCUT2D eigenvalue weighted by Gasteiger charge is -2.14. The highest BCUT2D eigenvalue weighted by Crippen LogP contribution is 2.31. The first-order valence-electron chi connectivity index (χ1n) is 8.82. The number of halogens is 1. The molecule has 2 rings (SSSR count). The summed E-state index contributed by atoms with van der Waals surface area (Å²) in [6.07, 6.45) is 10.8. The van der Waals surface area contributed by atoms with Crippen LogP contribution in [0.2, 0.25) is 0 Å². The predicted molar refractivity (Wildman–Crippen MR) is 112 cm³/mol. The lowest BCUT2D eigenvalue weighted by Crippen LogP contribution is -2.05. The molecule has 0 bridgehead atoms. The molecule has 1 unspecified atom stereocenters. The van der Waals surface area contributed by atoms with E-state index in [9.17, 15) is 0 Å². The molecule has 0 aliphatic rings. The van der Waals surface area contributed by atoms with Gasteiger partial charge in [-0.3, -0.25) is 4.98 Å². The summed E-state index contributed by atoms with van der Waals surface area (Å²) >= 11 is 8.11. The Morgan fingerprint density at radius 1 is 1.38 bits per heavy atom. The number of hydrogen-bond donors (Lipinski definition) is 0. The molecule has 0 saturated carbocycles. The maximum atomic E-state index is 6.30. The van der Waals surface area contributed by atoms with Gasteiger partial charge in [0.2, 0.25) is 0 Å². The normalized spacial score (nSPS) is 13.5. The van der Waals surface area contributed by atoms with Gasteiger partial charge in [-0.1, -0.05) is 30.7 Å². The van der Waals surface area contributed by atoms with Crippen molar-refractivity contribution in [2.24, 2.45) is 0 Å². The fraction of sp³-hybridized carbons (Fsp3) is 0.381. The molecule has 2 aromatic rings. The van der Waals surface area contributed by atoms with Gasteiger partial charge in [-0.05, 0) is 55.7 Å². The number of rotatable bonds is 9. The van der Waals surface area contributed by atoms with E-state index in [2.05, 4.69) is 60.7 Å². The van der Waals surface area contributed by atoms with Gasteiger partial charge in [-0.2, -0.15) is 0 Å². The van der Waals surface area contributed by atoms with Crippen molar-refractivity contribution >= 4 is 23.4 Å². The second-order valence-corrected chi connectivity index (χ2v) is 7.99. The van der Waals surface area contributed by atoms with Gasteiger partial charge < -0.3 is 9.30 Å². The Hall–Kier alpha value is -1.49. The van der Waals surface area contributed by atoms with Crippen LogP contribution in [0.3, 0.4) is 0 Å². The van der Waals surface area contributed by atoms with E-state index in [1.807, 2.05) is 30.2 Å². The van der Waals surface area contributed by atoms with Crippen molar-refractivity contribution in [2.75, 3.05) is 7.11 Å². The number of methoxy groups -OCH3 is 1. The SMILES string of the molecule is CC/C=C\C(Cl)=C/C(C)Sc1cc(COC)c(C)n1Cc1ccncc1. The molecule has 140 valence electrons. The molecule has 1 atom stereocenters. The van der Waals surface area contributed by atoms with Crippen LogP contribution in [-0.4, -0.2) is 21.9 Å². The van der Waals surface area contributed by atoms with Crippen molar-refractivity contribution in [1.82, 2.24) is 9.55 Å². The summed E-state index contributed by atoms with van der Waals surface area (Å²) < 4.78 is 7.71. The van der Waals surface area contributed by atoms with Gasteiger partial charge in [0, 0.05) is 42.0 Å². The molecular weight excluding hydrogens is 364 g/mol. The Balaban J connectivity index is 2.25. The number of hydrogen-bond acceptors (Lipinski definition) is 3. The highest BCUT2D eigenvalue weighted by atomic mass is 35.5. The van der Waals surface area contributed by atoms with E-state index < -0.39 is 0 Å². The summed E-state index contributed by atoms with van der Waals surface area (Å²) in [5, 5.41) is 2.27. The topological polar surface area (TPSA) is 27.1 Å². The van der Waals surface area contributed by atoms with Crippen molar-refractivity contribution in [3.05, 3.63) is 70.7 Å². The Labute approximate surface area is 166 Å². The molecule has 2 aromatic heterocycles. The molecular formula is C21H27ClN2OS. The molecule has 0 spiro atoms. The number of allylic oxidation sites excluding steroid dienone is 3. The maximum absolute atomic E-state index is 6.30. The lowest BCUT2D eigenvalue weighted by atomic mass is 10.2. The Morgan fingerprint density at radius 3 is 2.77 bits per heavy atom. The first-order chi connectivity index (χ1) is 12.5. The molecule has 0 radical (unpaired) electrons. The van der Waals surface area contributed by atoms with Crippen LogP contribution in [0.4, 0.5) is 0 Å². The van der Waals surface area contributed by atoms with Crippen molar-refractivity contribution in [1.29, 1.82) is 0 Å². The molecule has 26 heavy (non-hydrogen) atoms. The summed E-state index contributed by atoms with van der Waals surface area (Å²) in [4.78, 5) is 4.11. The molecule has 0 saturated heterocycles. The minimum absolute atomic E-state index is 0.268. The highest BCUT2D eigenvalue weighted by Gasteiger charge is 2.15. The fourth-order valence-corrected chi connectivity index (χ4v) is 4.16. The van der Waals surface area contributed by atoms with Gasteiger partial charge in [-0.25, -0.2) is 0 Å². The van der Waals surface area contributed by atoms with E-state index in [0.29, 0.717) is 6.61 Å². The third-order valence-corrected chi connectivity index (χ3v) is 5.38. The van der Waals surface area contributed by atoms with Gasteiger partial charge in [0.05, 0.1) is 11.6 Å². The molecule has 0 N–H and O–H groups in total. The molecule has 0 aliphatic carbocycles. The van der Waals surface area contributed by atoms with Gasteiger partial charge in [0.1, 0.15) is 0 Å². The summed E-state index contributed by atoms with van der Waals surface area (Å²) in [6.45, 7) is 7.86. The third-order valence-electron chi connectivity index (χ3n) is 4.04. The summed E-state index contributed by atoms with van der Waals surface area (Å²) in [5.41, 5.74) is 3.69. The average molecular weight is 391 g/mol. The van der Waals surface area contributed by atoms with Gasteiger partial charge in [0.25, 0.3) is 0 Å². The Kier molecular flexibility index (Phi) is 8.49. The second-order valence-electron chi connectivity index (χ2n) is 6.15. The van der Waals surface area contributed by atoms with Crippen LogP contribution in [0.5, 0.6) is 0 Å². The summed E-state index contributed by atoms with van der Waals surface area (Å²) in [7, 11) is 1.73. The van der Waals surface area contributed by atoms with Crippen molar-refractivity contribution < 1.29 is 4.74 Å². The van der Waals surface area contributed by atoms with Crippen LogP contribution in [-0.2, 0) is 17.9 Å². The number of ether oxygens (including phenoxy) is 1. The second kappa shape index (κ2) is 10.6. The molecule has 0 fully saturated rings. The van der Waals surface area contributed by atoms with Crippen molar-refractivity contribution in [2.45, 2.75) is 50.6 Å². The van der Waals surface area contributed by atoms with Gasteiger partial charge in [0.15, 0.2) is 0 Å². The standard InChI is InChI=1S/C21H27ClN2OS/c1-5-6-7-20(22)12-16(2)26-21-13-19(15-25-4)17(3)24(21)14-18-8-10-23-11-9-18/h6-13,16H,5,14-15H2,1-4H3/b7-6-,20-12+.